The molecular formula is C26H24ClN3O2S2. The Labute approximate surface area is 212 Å². The van der Waals surface area contributed by atoms with Crippen molar-refractivity contribution in [1.29, 1.82) is 5.26 Å². The minimum Gasteiger partial charge on any atom is -0.326 e. The van der Waals surface area contributed by atoms with E-state index >= 15 is 0 Å². The molecule has 2 N–H and O–H groups in total. The fourth-order valence-corrected chi connectivity index (χ4v) is 6.18. The number of fused-ring (bicyclic) bond motifs is 1. The Morgan fingerprint density at radius 2 is 1.97 bits per heavy atom. The van der Waals surface area contributed by atoms with Crippen molar-refractivity contribution >= 4 is 57.2 Å². The number of hydrogen-bond acceptors (Lipinski definition) is 5. The fraction of sp³-hybridized carbons (Fsp3) is 0.269. The number of anilines is 2. The van der Waals surface area contributed by atoms with Gasteiger partial charge in [-0.1, -0.05) is 36.7 Å². The third-order valence-corrected chi connectivity index (χ3v) is 8.06. The molecule has 5 nitrogen and oxygen atoms in total. The van der Waals surface area contributed by atoms with Gasteiger partial charge in [-0.3, -0.25) is 9.59 Å². The van der Waals surface area contributed by atoms with Gasteiger partial charge in [0.2, 0.25) is 11.8 Å². The number of halogens is 1. The number of thioether (sulfide) groups is 1. The van der Waals surface area contributed by atoms with Crippen LogP contribution in [0.25, 0.3) is 0 Å². The summed E-state index contributed by atoms with van der Waals surface area (Å²) in [5.74, 6) is 0.551. The molecule has 0 fully saturated rings. The van der Waals surface area contributed by atoms with E-state index in [9.17, 15) is 14.9 Å². The van der Waals surface area contributed by atoms with Gasteiger partial charge >= 0.3 is 0 Å². The highest BCUT2D eigenvalue weighted by molar-refractivity contribution is 8.00. The van der Waals surface area contributed by atoms with Crippen molar-refractivity contribution in [2.75, 3.05) is 16.4 Å². The number of carbonyl (C=O) groups is 2. The molecule has 34 heavy (non-hydrogen) atoms. The van der Waals surface area contributed by atoms with Crippen LogP contribution in [0.3, 0.4) is 0 Å². The summed E-state index contributed by atoms with van der Waals surface area (Å²) < 4.78 is 0. The van der Waals surface area contributed by atoms with Gasteiger partial charge in [0.05, 0.1) is 17.7 Å². The van der Waals surface area contributed by atoms with E-state index < -0.39 is 0 Å². The molecule has 8 heteroatoms. The Bertz CT molecular complexity index is 1250. The van der Waals surface area contributed by atoms with E-state index in [2.05, 4.69) is 23.6 Å². The number of nitriles is 1. The standard InChI is InChI=1S/C26H24ClN3O2S2/c1-16-5-10-21-22(14-28)26(34-23(21)11-16)30-25(32)15-33-20-4-2-3-19(13-20)29-24(31)12-17-6-8-18(27)9-7-17/h2-4,6-9,13,16H,5,10-12,15H2,1H3,(H,29,31)(H,30,32). The first kappa shape index (κ1) is 24.3. The summed E-state index contributed by atoms with van der Waals surface area (Å²) in [6, 6.07) is 16.9. The molecule has 0 saturated heterocycles. The molecule has 1 aromatic heterocycles. The maximum Gasteiger partial charge on any atom is 0.235 e. The van der Waals surface area contributed by atoms with E-state index in [4.69, 9.17) is 11.6 Å². The van der Waals surface area contributed by atoms with E-state index in [1.165, 1.54) is 28.0 Å². The fourth-order valence-electron chi connectivity index (χ4n) is 3.93. The summed E-state index contributed by atoms with van der Waals surface area (Å²) in [7, 11) is 0. The number of benzene rings is 2. The number of thiophene rings is 1. The molecule has 0 spiro atoms. The first-order valence-corrected chi connectivity index (χ1v) is 13.2. The lowest BCUT2D eigenvalue weighted by Gasteiger charge is -2.17. The maximum absolute atomic E-state index is 12.6. The third kappa shape index (κ3) is 6.20. The molecule has 0 bridgehead atoms. The SMILES string of the molecule is CC1CCc2c(sc(NC(=O)CSc3cccc(NC(=O)Cc4ccc(Cl)cc4)c3)c2C#N)C1. The summed E-state index contributed by atoms with van der Waals surface area (Å²) in [6.07, 6.45) is 3.20. The molecule has 174 valence electrons. The Morgan fingerprint density at radius 3 is 2.74 bits per heavy atom. The molecule has 1 atom stereocenters. The number of nitrogens with one attached hydrogen (secondary N) is 2. The van der Waals surface area contributed by atoms with Crippen molar-refractivity contribution in [3.05, 3.63) is 75.1 Å². The van der Waals surface area contributed by atoms with Crippen LogP contribution < -0.4 is 10.6 Å². The lowest BCUT2D eigenvalue weighted by molar-refractivity contribution is -0.115. The van der Waals surface area contributed by atoms with Crippen LogP contribution in [0, 0.1) is 17.2 Å². The molecule has 1 aliphatic rings. The predicted molar refractivity (Wildman–Crippen MR) is 140 cm³/mol. The minimum absolute atomic E-state index is 0.123. The van der Waals surface area contributed by atoms with Crippen molar-refractivity contribution < 1.29 is 9.59 Å². The van der Waals surface area contributed by atoms with Gasteiger partial charge in [-0.15, -0.1) is 23.1 Å². The van der Waals surface area contributed by atoms with Gasteiger partial charge in [-0.25, -0.2) is 0 Å². The van der Waals surface area contributed by atoms with Crippen LogP contribution in [-0.2, 0) is 28.9 Å². The quantitative estimate of drug-likeness (QED) is 0.365. The summed E-state index contributed by atoms with van der Waals surface area (Å²) in [6.45, 7) is 2.22. The van der Waals surface area contributed by atoms with Crippen LogP contribution in [0.5, 0.6) is 0 Å². The smallest absolute Gasteiger partial charge is 0.235 e. The van der Waals surface area contributed by atoms with Crippen LogP contribution in [0.1, 0.15) is 34.9 Å². The Morgan fingerprint density at radius 1 is 1.18 bits per heavy atom. The second kappa shape index (κ2) is 11.1. The molecule has 0 saturated carbocycles. The van der Waals surface area contributed by atoms with Gasteiger partial charge < -0.3 is 10.6 Å². The molecule has 1 unspecified atom stereocenters. The van der Waals surface area contributed by atoms with Gasteiger partial charge in [0.15, 0.2) is 0 Å². The second-order valence-corrected chi connectivity index (χ2v) is 11.0. The summed E-state index contributed by atoms with van der Waals surface area (Å²) in [4.78, 5) is 27.1. The molecule has 3 aromatic rings. The zero-order valence-corrected chi connectivity index (χ0v) is 21.1. The summed E-state index contributed by atoms with van der Waals surface area (Å²) >= 11 is 8.81. The van der Waals surface area contributed by atoms with Crippen molar-refractivity contribution in [2.24, 2.45) is 5.92 Å². The van der Waals surface area contributed by atoms with Crippen LogP contribution >= 0.6 is 34.7 Å². The first-order valence-electron chi connectivity index (χ1n) is 11.0. The summed E-state index contributed by atoms with van der Waals surface area (Å²) in [5.41, 5.74) is 3.29. The van der Waals surface area contributed by atoms with E-state index in [0.29, 0.717) is 27.2 Å². The van der Waals surface area contributed by atoms with E-state index in [1.807, 2.05) is 36.4 Å². The van der Waals surface area contributed by atoms with Gasteiger partial charge in [0.1, 0.15) is 11.1 Å². The second-order valence-electron chi connectivity index (χ2n) is 8.38. The Balaban J connectivity index is 1.32. The highest BCUT2D eigenvalue weighted by Gasteiger charge is 2.24. The van der Waals surface area contributed by atoms with Crippen molar-refractivity contribution in [3.63, 3.8) is 0 Å². The lowest BCUT2D eigenvalue weighted by Crippen LogP contribution is -2.15. The average Bonchev–Trinajstić information content (AvgIpc) is 3.15. The first-order chi connectivity index (χ1) is 16.4. The van der Waals surface area contributed by atoms with Gasteiger partial charge in [0.25, 0.3) is 0 Å². The zero-order valence-electron chi connectivity index (χ0n) is 18.7. The number of hydrogen-bond donors (Lipinski definition) is 2. The van der Waals surface area contributed by atoms with Crippen LogP contribution in [0.15, 0.2) is 53.4 Å². The number of amides is 2. The van der Waals surface area contributed by atoms with Crippen LogP contribution in [0.2, 0.25) is 5.02 Å². The van der Waals surface area contributed by atoms with Crippen LogP contribution in [0.4, 0.5) is 10.7 Å². The lowest BCUT2D eigenvalue weighted by atomic mass is 9.89. The number of rotatable bonds is 7. The molecule has 4 rings (SSSR count). The topological polar surface area (TPSA) is 82.0 Å². The highest BCUT2D eigenvalue weighted by atomic mass is 35.5. The van der Waals surface area contributed by atoms with E-state index in [-0.39, 0.29) is 24.0 Å². The molecule has 2 amide bonds. The zero-order chi connectivity index (χ0) is 24.1. The van der Waals surface area contributed by atoms with Crippen molar-refractivity contribution in [1.82, 2.24) is 0 Å². The molecule has 1 aliphatic carbocycles. The van der Waals surface area contributed by atoms with Crippen molar-refractivity contribution in [3.8, 4) is 6.07 Å². The summed E-state index contributed by atoms with van der Waals surface area (Å²) in [5, 5.41) is 16.8. The molecule has 1 heterocycles. The third-order valence-electron chi connectivity index (χ3n) is 5.64. The molecule has 0 aliphatic heterocycles. The Hall–Kier alpha value is -2.79. The highest BCUT2D eigenvalue weighted by Crippen LogP contribution is 2.39. The number of nitrogens with zero attached hydrogens (tertiary/aromatic N) is 1. The van der Waals surface area contributed by atoms with E-state index in [1.54, 1.807) is 12.1 Å². The normalized spacial score (nSPS) is 14.7. The Kier molecular flexibility index (Phi) is 7.94. The van der Waals surface area contributed by atoms with Crippen molar-refractivity contribution in [2.45, 2.75) is 37.5 Å². The average molecular weight is 510 g/mol. The largest absolute Gasteiger partial charge is 0.326 e. The molecule has 2 aromatic carbocycles. The number of carbonyl (C=O) groups excluding carboxylic acids is 2. The van der Waals surface area contributed by atoms with Gasteiger partial charge in [-0.05, 0) is 66.6 Å². The molecular weight excluding hydrogens is 486 g/mol. The molecule has 0 radical (unpaired) electrons. The van der Waals surface area contributed by atoms with E-state index in [0.717, 1.165) is 35.3 Å². The van der Waals surface area contributed by atoms with Gasteiger partial charge in [0, 0.05) is 20.5 Å². The van der Waals surface area contributed by atoms with Gasteiger partial charge in [-0.2, -0.15) is 5.26 Å². The predicted octanol–water partition coefficient (Wildman–Crippen LogP) is 6.31. The van der Waals surface area contributed by atoms with Crippen LogP contribution in [-0.4, -0.2) is 17.6 Å². The maximum atomic E-state index is 12.6. The minimum atomic E-state index is -0.148. The monoisotopic (exact) mass is 509 g/mol.